The predicted molar refractivity (Wildman–Crippen MR) is 79.7 cm³/mol. The minimum Gasteiger partial charge on any atom is -0.404 e. The van der Waals surface area contributed by atoms with Crippen molar-refractivity contribution in [2.45, 2.75) is 26.8 Å². The summed E-state index contributed by atoms with van der Waals surface area (Å²) in [5, 5.41) is 3.73. The third-order valence-corrected chi connectivity index (χ3v) is 4.24. The molecule has 3 nitrogen and oxygen atoms in total. The Morgan fingerprint density at radius 2 is 2.05 bits per heavy atom. The molecule has 0 atom stereocenters. The van der Waals surface area contributed by atoms with Crippen LogP contribution in [-0.4, -0.2) is 11.3 Å². The first-order valence-corrected chi connectivity index (χ1v) is 7.57. The highest BCUT2D eigenvalue weighted by molar-refractivity contribution is 9.10. The molecule has 1 N–H and O–H groups in total. The molecular weight excluding hydrogens is 369 g/mol. The topological polar surface area (TPSA) is 34.2 Å². The number of aromatic nitrogens is 1. The molecule has 0 aliphatic carbocycles. The van der Waals surface area contributed by atoms with Crippen LogP contribution in [0, 0.1) is 13.8 Å². The Labute approximate surface area is 132 Å². The van der Waals surface area contributed by atoms with Gasteiger partial charge in [-0.25, -0.2) is 4.98 Å². The van der Waals surface area contributed by atoms with E-state index in [0.29, 0.717) is 11.0 Å². The van der Waals surface area contributed by atoms with Crippen LogP contribution in [0.4, 0.5) is 18.9 Å². The van der Waals surface area contributed by atoms with Crippen molar-refractivity contribution in [2.24, 2.45) is 0 Å². The number of hydrogen-bond acceptors (Lipinski definition) is 4. The van der Waals surface area contributed by atoms with Gasteiger partial charge >= 0.3 is 6.36 Å². The SMILES string of the molecule is Cc1nc(CNc2ccc(Br)cc2OC(F)(F)F)sc1C. The minimum atomic E-state index is -4.73. The van der Waals surface area contributed by atoms with Crippen molar-refractivity contribution in [3.05, 3.63) is 38.3 Å². The van der Waals surface area contributed by atoms with Crippen molar-refractivity contribution in [3.63, 3.8) is 0 Å². The Kier molecular flexibility index (Phi) is 4.77. The molecule has 1 heterocycles. The second-order valence-electron chi connectivity index (χ2n) is 4.29. The Hall–Kier alpha value is -1.28. The van der Waals surface area contributed by atoms with Gasteiger partial charge in [-0.3, -0.25) is 0 Å². The van der Waals surface area contributed by atoms with Gasteiger partial charge in [0.05, 0.1) is 17.9 Å². The highest BCUT2D eigenvalue weighted by atomic mass is 79.9. The standard InChI is InChI=1S/C13H12BrF3N2OS/c1-7-8(2)21-12(19-7)6-18-10-4-3-9(14)5-11(10)20-13(15,16)17/h3-5,18H,6H2,1-2H3. The second-order valence-corrected chi connectivity index (χ2v) is 6.49. The molecule has 0 aliphatic rings. The summed E-state index contributed by atoms with van der Waals surface area (Å²) in [6.45, 7) is 4.19. The molecule has 0 bridgehead atoms. The van der Waals surface area contributed by atoms with Gasteiger partial charge < -0.3 is 10.1 Å². The Morgan fingerprint density at radius 1 is 1.33 bits per heavy atom. The normalized spacial score (nSPS) is 11.5. The van der Waals surface area contributed by atoms with E-state index in [2.05, 4.69) is 31.0 Å². The number of halogens is 4. The number of rotatable bonds is 4. The monoisotopic (exact) mass is 380 g/mol. The van der Waals surface area contributed by atoms with E-state index in [1.807, 2.05) is 13.8 Å². The zero-order valence-corrected chi connectivity index (χ0v) is 13.6. The molecule has 1 aromatic heterocycles. The minimum absolute atomic E-state index is 0.265. The number of benzene rings is 1. The average molecular weight is 381 g/mol. The summed E-state index contributed by atoms with van der Waals surface area (Å²) in [5.41, 5.74) is 1.19. The van der Waals surface area contributed by atoms with Crippen molar-refractivity contribution in [1.82, 2.24) is 4.98 Å². The Balaban J connectivity index is 2.15. The van der Waals surface area contributed by atoms with Crippen LogP contribution in [0.15, 0.2) is 22.7 Å². The molecule has 8 heteroatoms. The van der Waals surface area contributed by atoms with Crippen molar-refractivity contribution in [1.29, 1.82) is 0 Å². The van der Waals surface area contributed by atoms with Crippen molar-refractivity contribution in [3.8, 4) is 5.75 Å². The largest absolute Gasteiger partial charge is 0.573 e. The molecule has 0 saturated heterocycles. The predicted octanol–water partition coefficient (Wildman–Crippen LogP) is 5.03. The van der Waals surface area contributed by atoms with Crippen LogP contribution in [0.3, 0.4) is 0 Å². The molecule has 0 radical (unpaired) electrons. The lowest BCUT2D eigenvalue weighted by molar-refractivity contribution is -0.274. The van der Waals surface area contributed by atoms with Gasteiger partial charge in [0.15, 0.2) is 5.75 Å². The molecule has 0 fully saturated rings. The lowest BCUT2D eigenvalue weighted by atomic mass is 10.3. The maximum absolute atomic E-state index is 12.4. The zero-order valence-electron chi connectivity index (χ0n) is 11.2. The van der Waals surface area contributed by atoms with Crippen LogP contribution in [-0.2, 0) is 6.54 Å². The van der Waals surface area contributed by atoms with Crippen molar-refractivity contribution < 1.29 is 17.9 Å². The van der Waals surface area contributed by atoms with E-state index in [4.69, 9.17) is 0 Å². The Morgan fingerprint density at radius 3 is 2.62 bits per heavy atom. The van der Waals surface area contributed by atoms with Crippen LogP contribution in [0.2, 0.25) is 0 Å². The molecule has 0 aliphatic heterocycles. The van der Waals surface area contributed by atoms with E-state index < -0.39 is 6.36 Å². The molecule has 1 aromatic carbocycles. The van der Waals surface area contributed by atoms with Crippen LogP contribution in [0.5, 0.6) is 5.75 Å². The molecule has 114 valence electrons. The number of thiazole rings is 1. The summed E-state index contributed by atoms with van der Waals surface area (Å²) in [6.07, 6.45) is -4.73. The number of hydrogen-bond donors (Lipinski definition) is 1. The summed E-state index contributed by atoms with van der Waals surface area (Å²) >= 11 is 4.64. The first-order chi connectivity index (χ1) is 9.74. The van der Waals surface area contributed by atoms with Crippen molar-refractivity contribution in [2.75, 3.05) is 5.32 Å². The highest BCUT2D eigenvalue weighted by Gasteiger charge is 2.32. The number of ether oxygens (including phenoxy) is 1. The number of alkyl halides is 3. The molecule has 2 aromatic rings. The van der Waals surface area contributed by atoms with Crippen molar-refractivity contribution >= 4 is 33.0 Å². The quantitative estimate of drug-likeness (QED) is 0.807. The van der Waals surface area contributed by atoms with Gasteiger partial charge in [-0.1, -0.05) is 15.9 Å². The molecule has 0 unspecified atom stereocenters. The first-order valence-electron chi connectivity index (χ1n) is 5.96. The molecular formula is C13H12BrF3N2OS. The van der Waals surface area contributed by atoms with Gasteiger partial charge in [-0.05, 0) is 32.0 Å². The van der Waals surface area contributed by atoms with Gasteiger partial charge in [-0.15, -0.1) is 24.5 Å². The fourth-order valence-electron chi connectivity index (χ4n) is 1.64. The second kappa shape index (κ2) is 6.23. The van der Waals surface area contributed by atoms with Gasteiger partial charge in [0, 0.05) is 9.35 Å². The molecule has 0 amide bonds. The first kappa shape index (κ1) is 16.1. The van der Waals surface area contributed by atoms with E-state index in [0.717, 1.165) is 15.6 Å². The summed E-state index contributed by atoms with van der Waals surface area (Å²) < 4.78 is 41.7. The van der Waals surface area contributed by atoms with E-state index in [1.54, 1.807) is 6.07 Å². The van der Waals surface area contributed by atoms with E-state index in [9.17, 15) is 13.2 Å². The van der Waals surface area contributed by atoms with Gasteiger partial charge in [0.2, 0.25) is 0 Å². The third-order valence-electron chi connectivity index (χ3n) is 2.67. The zero-order chi connectivity index (χ0) is 15.6. The van der Waals surface area contributed by atoms with E-state index in [-0.39, 0.29) is 11.4 Å². The summed E-state index contributed by atoms with van der Waals surface area (Å²) in [5.74, 6) is -0.276. The maximum Gasteiger partial charge on any atom is 0.573 e. The summed E-state index contributed by atoms with van der Waals surface area (Å²) in [6, 6.07) is 4.44. The van der Waals surface area contributed by atoms with Crippen LogP contribution < -0.4 is 10.1 Å². The smallest absolute Gasteiger partial charge is 0.404 e. The number of aryl methyl sites for hydroxylation is 2. The molecule has 0 spiro atoms. The van der Waals surface area contributed by atoms with Gasteiger partial charge in [-0.2, -0.15) is 0 Å². The van der Waals surface area contributed by atoms with E-state index in [1.165, 1.54) is 23.5 Å². The number of nitrogens with zero attached hydrogens (tertiary/aromatic N) is 1. The average Bonchev–Trinajstić information content (AvgIpc) is 2.66. The highest BCUT2D eigenvalue weighted by Crippen LogP contribution is 2.33. The van der Waals surface area contributed by atoms with Gasteiger partial charge in [0.25, 0.3) is 0 Å². The van der Waals surface area contributed by atoms with Crippen LogP contribution in [0.1, 0.15) is 15.6 Å². The van der Waals surface area contributed by atoms with E-state index >= 15 is 0 Å². The number of nitrogens with one attached hydrogen (secondary N) is 1. The lowest BCUT2D eigenvalue weighted by Gasteiger charge is -2.14. The van der Waals surface area contributed by atoms with Gasteiger partial charge in [0.1, 0.15) is 5.01 Å². The lowest BCUT2D eigenvalue weighted by Crippen LogP contribution is -2.18. The maximum atomic E-state index is 12.4. The van der Waals surface area contributed by atoms with Crippen LogP contribution >= 0.6 is 27.3 Å². The third kappa shape index (κ3) is 4.60. The number of anilines is 1. The summed E-state index contributed by atoms with van der Waals surface area (Å²) in [7, 11) is 0. The Bertz CT molecular complexity index is 623. The fraction of sp³-hybridized carbons (Fsp3) is 0.308. The molecule has 21 heavy (non-hydrogen) atoms. The molecule has 2 rings (SSSR count). The molecule has 0 saturated carbocycles. The van der Waals surface area contributed by atoms with Crippen LogP contribution in [0.25, 0.3) is 0 Å². The fourth-order valence-corrected chi connectivity index (χ4v) is 2.85. The summed E-state index contributed by atoms with van der Waals surface area (Å²) in [4.78, 5) is 5.42.